The second kappa shape index (κ2) is 13.1. The number of halogens is 7. The number of amides is 1. The molecule has 0 radical (unpaired) electrons. The second-order valence-electron chi connectivity index (χ2n) is 12.0. The number of hydrogen-bond acceptors (Lipinski definition) is 9. The number of fused-ring (bicyclic) bond motifs is 3. The van der Waals surface area contributed by atoms with E-state index in [2.05, 4.69) is 25.2 Å². The smallest absolute Gasteiger partial charge is 0.346 e. The number of carbonyl (C=O) groups excluding carboxylic acids is 1. The van der Waals surface area contributed by atoms with Crippen molar-refractivity contribution in [3.05, 3.63) is 87.3 Å². The van der Waals surface area contributed by atoms with Crippen LogP contribution in [0.4, 0.5) is 36.6 Å². The van der Waals surface area contributed by atoms with Crippen molar-refractivity contribution in [1.82, 2.24) is 34.8 Å². The first-order chi connectivity index (χ1) is 24.7. The topological polar surface area (TPSA) is 126 Å². The largest absolute Gasteiger partial charge is 0.435 e. The first kappa shape index (κ1) is 35.2. The molecule has 2 N–H and O–H groups in total. The van der Waals surface area contributed by atoms with Gasteiger partial charge in [-0.15, -0.1) is 11.3 Å². The minimum absolute atomic E-state index is 0.0720. The SMILES string of the molecule is CSNc1nn(C)c2c(-c3cc4sc(C#N)nc4nc3C(Cc3cc(F)cc(F)c3)NC(=O)Cn3nc(C(F)(F)F)c4c3C(F)(F)CC4)cccc12. The van der Waals surface area contributed by atoms with E-state index < -0.39 is 72.0 Å². The summed E-state index contributed by atoms with van der Waals surface area (Å²) >= 11 is 2.37. The summed E-state index contributed by atoms with van der Waals surface area (Å²) in [5.41, 5.74) is -1.28. The molecule has 7 rings (SSSR count). The van der Waals surface area contributed by atoms with Crippen LogP contribution < -0.4 is 10.0 Å². The van der Waals surface area contributed by atoms with E-state index in [-0.39, 0.29) is 28.3 Å². The number of nitrogens with zero attached hydrogens (tertiary/aromatic N) is 7. The summed E-state index contributed by atoms with van der Waals surface area (Å²) < 4.78 is 106. The molecule has 19 heteroatoms. The number of para-hydroxylation sites is 1. The Morgan fingerprint density at radius 3 is 2.56 bits per heavy atom. The molecular formula is C33H24F7N9OS2. The Balaban J connectivity index is 1.39. The Labute approximate surface area is 297 Å². The Morgan fingerprint density at radius 2 is 1.87 bits per heavy atom. The average Bonchev–Trinajstić information content (AvgIpc) is 3.82. The number of alkyl halides is 5. The zero-order valence-corrected chi connectivity index (χ0v) is 28.6. The van der Waals surface area contributed by atoms with Crippen molar-refractivity contribution in [3.63, 3.8) is 0 Å². The third-order valence-corrected chi connectivity index (χ3v) is 9.83. The number of benzene rings is 2. The van der Waals surface area contributed by atoms with Gasteiger partial charge in [-0.25, -0.2) is 18.7 Å². The molecule has 2 aromatic carbocycles. The molecule has 268 valence electrons. The highest BCUT2D eigenvalue weighted by Gasteiger charge is 2.50. The van der Waals surface area contributed by atoms with Crippen molar-refractivity contribution in [1.29, 1.82) is 5.26 Å². The van der Waals surface area contributed by atoms with Crippen molar-refractivity contribution in [3.8, 4) is 17.2 Å². The fourth-order valence-corrected chi connectivity index (χ4v) is 7.67. The fourth-order valence-electron chi connectivity index (χ4n) is 6.58. The Kier molecular flexibility index (Phi) is 8.85. The van der Waals surface area contributed by atoms with Gasteiger partial charge >= 0.3 is 6.18 Å². The molecule has 0 saturated carbocycles. The molecule has 1 aliphatic rings. The molecule has 0 saturated heterocycles. The second-order valence-corrected chi connectivity index (χ2v) is 13.6. The van der Waals surface area contributed by atoms with E-state index >= 15 is 0 Å². The normalized spacial score (nSPS) is 14.5. The number of aromatic nitrogens is 6. The van der Waals surface area contributed by atoms with Crippen LogP contribution >= 0.6 is 23.3 Å². The molecule has 1 aliphatic carbocycles. The zero-order valence-electron chi connectivity index (χ0n) is 26.9. The summed E-state index contributed by atoms with van der Waals surface area (Å²) in [4.78, 5) is 22.7. The highest BCUT2D eigenvalue weighted by molar-refractivity contribution is 7.99. The maximum absolute atomic E-state index is 14.9. The Morgan fingerprint density at radius 1 is 1.12 bits per heavy atom. The number of nitrogens with one attached hydrogen (secondary N) is 2. The van der Waals surface area contributed by atoms with Gasteiger partial charge in [0.05, 0.1) is 22.0 Å². The van der Waals surface area contributed by atoms with E-state index in [0.717, 1.165) is 23.5 Å². The van der Waals surface area contributed by atoms with Crippen LogP contribution in [0.15, 0.2) is 42.5 Å². The summed E-state index contributed by atoms with van der Waals surface area (Å²) in [6, 6.07) is 10.5. The molecule has 4 aromatic heterocycles. The van der Waals surface area contributed by atoms with Gasteiger partial charge in [0.1, 0.15) is 29.9 Å². The minimum Gasteiger partial charge on any atom is -0.346 e. The molecule has 6 aromatic rings. The van der Waals surface area contributed by atoms with Gasteiger partial charge in [0.15, 0.2) is 22.2 Å². The molecule has 4 heterocycles. The number of anilines is 1. The average molecular weight is 760 g/mol. The summed E-state index contributed by atoms with van der Waals surface area (Å²) in [5.74, 6) is -5.97. The molecule has 10 nitrogen and oxygen atoms in total. The lowest BCUT2D eigenvalue weighted by molar-refractivity contribution is -0.142. The monoisotopic (exact) mass is 759 g/mol. The zero-order chi connectivity index (χ0) is 37.1. The standard InChI is InChI=1S/C33H24F7N9OS2/c1-48-27-18(4-3-5-19(27)30(46-48)47-51-2)21-12-23-31(43-25(13-41)52-23)44-26(21)22(10-15-8-16(34)11-17(35)9-15)42-24(50)14-49-29-20(6-7-32(29,36)37)28(45-49)33(38,39)40/h3-5,8-9,11-12,22H,6-7,10,14H2,1-2H3,(H,42,50)(H,46,47). The van der Waals surface area contributed by atoms with Crippen molar-refractivity contribution < 1.29 is 35.5 Å². The van der Waals surface area contributed by atoms with Crippen molar-refractivity contribution in [2.75, 3.05) is 11.0 Å². The number of carbonyl (C=O) groups is 1. The van der Waals surface area contributed by atoms with E-state index in [1.165, 1.54) is 11.9 Å². The predicted octanol–water partition coefficient (Wildman–Crippen LogP) is 7.44. The number of hydrogen-bond donors (Lipinski definition) is 2. The highest BCUT2D eigenvalue weighted by Crippen LogP contribution is 2.46. The molecule has 52 heavy (non-hydrogen) atoms. The van der Waals surface area contributed by atoms with Gasteiger partial charge in [0.2, 0.25) is 5.91 Å². The third-order valence-electron chi connectivity index (χ3n) is 8.54. The first-order valence-electron chi connectivity index (χ1n) is 15.4. The van der Waals surface area contributed by atoms with E-state index in [0.29, 0.717) is 43.3 Å². The van der Waals surface area contributed by atoms with Gasteiger partial charge in [-0.05, 0) is 42.7 Å². The molecular weight excluding hydrogens is 736 g/mol. The summed E-state index contributed by atoms with van der Waals surface area (Å²) in [7, 11) is 1.71. The van der Waals surface area contributed by atoms with Gasteiger partial charge in [-0.3, -0.25) is 14.2 Å². The van der Waals surface area contributed by atoms with Crippen molar-refractivity contribution in [2.45, 2.75) is 43.9 Å². The van der Waals surface area contributed by atoms with Crippen LogP contribution in [0.25, 0.3) is 32.4 Å². The van der Waals surface area contributed by atoms with Crippen LogP contribution in [0.2, 0.25) is 0 Å². The van der Waals surface area contributed by atoms with Crippen LogP contribution in [-0.4, -0.2) is 41.7 Å². The van der Waals surface area contributed by atoms with Crippen LogP contribution in [0.3, 0.4) is 0 Å². The van der Waals surface area contributed by atoms with Gasteiger partial charge in [-0.1, -0.05) is 24.1 Å². The number of nitriles is 1. The third kappa shape index (κ3) is 6.40. The highest BCUT2D eigenvalue weighted by atomic mass is 32.2. The first-order valence-corrected chi connectivity index (χ1v) is 17.5. The molecule has 0 bridgehead atoms. The Bertz CT molecular complexity index is 2410. The van der Waals surface area contributed by atoms with E-state index in [4.69, 9.17) is 4.98 Å². The number of rotatable bonds is 9. The summed E-state index contributed by atoms with van der Waals surface area (Å²) in [6.07, 6.45) is -4.98. The van der Waals surface area contributed by atoms with Gasteiger partial charge in [-0.2, -0.15) is 37.4 Å². The fraction of sp³-hybridized carbons (Fsp3) is 0.273. The van der Waals surface area contributed by atoms with Crippen molar-refractivity contribution in [2.24, 2.45) is 7.05 Å². The van der Waals surface area contributed by atoms with Gasteiger partial charge in [0.25, 0.3) is 5.92 Å². The van der Waals surface area contributed by atoms with Crippen LogP contribution in [-0.2, 0) is 43.3 Å². The number of pyridine rings is 1. The maximum atomic E-state index is 14.9. The summed E-state index contributed by atoms with van der Waals surface area (Å²) in [5, 5.41) is 21.0. The molecule has 0 aliphatic heterocycles. The van der Waals surface area contributed by atoms with E-state index in [1.807, 2.05) is 18.4 Å². The Hall–Kier alpha value is -5.22. The number of thiazole rings is 1. The van der Waals surface area contributed by atoms with Crippen molar-refractivity contribution >= 4 is 56.3 Å². The molecule has 1 atom stereocenters. The summed E-state index contributed by atoms with van der Waals surface area (Å²) in [6.45, 7) is -1.03. The lowest BCUT2D eigenvalue weighted by Gasteiger charge is -2.23. The van der Waals surface area contributed by atoms with E-state index in [9.17, 15) is 40.8 Å². The quantitative estimate of drug-likeness (QED) is 0.115. The molecule has 0 spiro atoms. The molecule has 1 unspecified atom stereocenters. The molecule has 0 fully saturated rings. The van der Waals surface area contributed by atoms with Crippen LogP contribution in [0.5, 0.6) is 0 Å². The molecule has 1 amide bonds. The predicted molar refractivity (Wildman–Crippen MR) is 179 cm³/mol. The van der Waals surface area contributed by atoms with Gasteiger partial charge in [0, 0.05) is 47.9 Å². The number of aryl methyl sites for hydroxylation is 1. The van der Waals surface area contributed by atoms with E-state index in [1.54, 1.807) is 29.9 Å². The van der Waals surface area contributed by atoms with Gasteiger partial charge < -0.3 is 10.0 Å². The lowest BCUT2D eigenvalue weighted by atomic mass is 9.94. The maximum Gasteiger partial charge on any atom is 0.435 e. The van der Waals surface area contributed by atoms with Crippen LogP contribution in [0, 0.1) is 23.0 Å². The minimum atomic E-state index is -5.04. The lowest BCUT2D eigenvalue weighted by Crippen LogP contribution is -2.35. The van der Waals surface area contributed by atoms with Crippen LogP contribution in [0.1, 0.15) is 45.7 Å².